The number of nitrogens with one attached hydrogen (secondary N) is 6. The van der Waals surface area contributed by atoms with Crippen LogP contribution in [0.1, 0.15) is 6.42 Å². The summed E-state index contributed by atoms with van der Waals surface area (Å²) >= 11 is 6.32. The molecule has 0 unspecified atom stereocenters. The third-order valence-corrected chi connectivity index (χ3v) is 3.99. The molecule has 130 valence electrons. The van der Waals surface area contributed by atoms with Gasteiger partial charge in [0.25, 0.3) is 0 Å². The van der Waals surface area contributed by atoms with Crippen LogP contribution in [0.3, 0.4) is 0 Å². The molecule has 0 aliphatic carbocycles. The molecule has 0 spiro atoms. The van der Waals surface area contributed by atoms with Crippen LogP contribution < -0.4 is 31.9 Å². The van der Waals surface area contributed by atoms with Gasteiger partial charge in [-0.2, -0.15) is 0 Å². The summed E-state index contributed by atoms with van der Waals surface area (Å²) in [7, 11) is 0. The molecule has 7 heteroatoms. The molecule has 1 aromatic carbocycles. The van der Waals surface area contributed by atoms with Crippen LogP contribution in [-0.2, 0) is 0 Å². The van der Waals surface area contributed by atoms with Crippen molar-refractivity contribution >= 4 is 23.0 Å². The molecule has 1 aliphatic heterocycles. The number of hydrogen-bond acceptors (Lipinski definition) is 6. The van der Waals surface area contributed by atoms with Crippen molar-refractivity contribution in [1.82, 2.24) is 21.3 Å². The van der Waals surface area contributed by atoms with Crippen LogP contribution in [0.25, 0.3) is 0 Å². The second-order valence-electron chi connectivity index (χ2n) is 5.55. The van der Waals surface area contributed by atoms with Crippen molar-refractivity contribution in [3.05, 3.63) is 23.2 Å². The number of hydrogen-bond donors (Lipinski definition) is 6. The average molecular weight is 341 g/mol. The zero-order chi connectivity index (χ0) is 16.2. The standard InChI is InChI=1S/C16H29ClN6/c17-14-3-1-4-15-16(14)23-12-10-21-13-20-8-7-18-5-2-6-19-9-11-22-15/h1,3-4,18-23H,2,5-13H2. The predicted octanol–water partition coefficient (Wildman–Crippen LogP) is 0.883. The summed E-state index contributed by atoms with van der Waals surface area (Å²) < 4.78 is 0. The van der Waals surface area contributed by atoms with E-state index in [4.69, 9.17) is 11.6 Å². The molecule has 0 saturated carbocycles. The molecule has 6 N–H and O–H groups in total. The van der Waals surface area contributed by atoms with Gasteiger partial charge in [0, 0.05) is 45.9 Å². The SMILES string of the molecule is Clc1cccc2c1NCCNCNCCNCCCNCCN2. The Morgan fingerprint density at radius 3 is 2.17 bits per heavy atom. The van der Waals surface area contributed by atoms with E-state index in [1.54, 1.807) is 0 Å². The largest absolute Gasteiger partial charge is 0.382 e. The number of para-hydroxylation sites is 1. The highest BCUT2D eigenvalue weighted by Crippen LogP contribution is 2.29. The van der Waals surface area contributed by atoms with E-state index >= 15 is 0 Å². The Morgan fingerprint density at radius 1 is 0.696 bits per heavy atom. The zero-order valence-corrected chi connectivity index (χ0v) is 14.4. The Labute approximate surface area is 144 Å². The summed E-state index contributed by atoms with van der Waals surface area (Å²) in [6.07, 6.45) is 1.14. The fourth-order valence-electron chi connectivity index (χ4n) is 2.44. The molecule has 2 rings (SSSR count). The van der Waals surface area contributed by atoms with Crippen LogP contribution in [0.5, 0.6) is 0 Å². The van der Waals surface area contributed by atoms with Gasteiger partial charge in [-0.15, -0.1) is 0 Å². The number of anilines is 2. The maximum Gasteiger partial charge on any atom is 0.0765 e. The summed E-state index contributed by atoms with van der Waals surface area (Å²) in [6, 6.07) is 5.95. The molecular weight excluding hydrogens is 312 g/mol. The van der Waals surface area contributed by atoms with Crippen LogP contribution in [0.15, 0.2) is 18.2 Å². The van der Waals surface area contributed by atoms with Crippen molar-refractivity contribution in [2.45, 2.75) is 6.42 Å². The second-order valence-corrected chi connectivity index (χ2v) is 5.95. The number of fused-ring (bicyclic) bond motifs is 1. The molecule has 1 aromatic rings. The quantitative estimate of drug-likeness (QED) is 0.421. The van der Waals surface area contributed by atoms with Crippen LogP contribution in [0.4, 0.5) is 11.4 Å². The lowest BCUT2D eigenvalue weighted by molar-refractivity contribution is 0.550. The van der Waals surface area contributed by atoms with Crippen LogP contribution in [0, 0.1) is 0 Å². The Morgan fingerprint density at radius 2 is 1.35 bits per heavy atom. The highest BCUT2D eigenvalue weighted by molar-refractivity contribution is 6.33. The molecule has 0 fully saturated rings. The van der Waals surface area contributed by atoms with E-state index in [-0.39, 0.29) is 0 Å². The van der Waals surface area contributed by atoms with Crippen molar-refractivity contribution in [3.8, 4) is 0 Å². The van der Waals surface area contributed by atoms with E-state index in [0.717, 1.165) is 81.8 Å². The van der Waals surface area contributed by atoms with E-state index in [1.807, 2.05) is 12.1 Å². The van der Waals surface area contributed by atoms with E-state index < -0.39 is 0 Å². The highest BCUT2D eigenvalue weighted by atomic mass is 35.5. The molecule has 0 saturated heterocycles. The first-order chi connectivity index (χ1) is 11.4. The number of benzene rings is 1. The van der Waals surface area contributed by atoms with Gasteiger partial charge < -0.3 is 31.9 Å². The van der Waals surface area contributed by atoms with Gasteiger partial charge in [-0.05, 0) is 31.6 Å². The second kappa shape index (κ2) is 11.5. The van der Waals surface area contributed by atoms with Gasteiger partial charge in [-0.3, -0.25) is 0 Å². The van der Waals surface area contributed by atoms with Crippen molar-refractivity contribution in [1.29, 1.82) is 0 Å². The Balaban J connectivity index is 1.86. The van der Waals surface area contributed by atoms with Crippen LogP contribution >= 0.6 is 11.6 Å². The smallest absolute Gasteiger partial charge is 0.0765 e. The fraction of sp³-hybridized carbons (Fsp3) is 0.625. The minimum Gasteiger partial charge on any atom is -0.382 e. The maximum atomic E-state index is 6.32. The molecule has 6 nitrogen and oxygen atoms in total. The van der Waals surface area contributed by atoms with Gasteiger partial charge >= 0.3 is 0 Å². The first-order valence-corrected chi connectivity index (χ1v) is 8.85. The average Bonchev–Trinajstić information content (AvgIpc) is 2.55. The number of halogens is 1. The molecule has 0 atom stereocenters. The molecule has 1 heterocycles. The summed E-state index contributed by atoms with van der Waals surface area (Å²) in [4.78, 5) is 0. The van der Waals surface area contributed by atoms with Gasteiger partial charge in [0.15, 0.2) is 0 Å². The molecule has 0 aromatic heterocycles. The van der Waals surface area contributed by atoms with Gasteiger partial charge in [0.05, 0.1) is 16.4 Å². The third kappa shape index (κ3) is 7.37. The summed E-state index contributed by atoms with van der Waals surface area (Å²) in [5.41, 5.74) is 2.04. The molecule has 0 bridgehead atoms. The molecule has 0 amide bonds. The maximum absolute atomic E-state index is 6.32. The Hall–Kier alpha value is -1.05. The minimum absolute atomic E-state index is 0.751. The van der Waals surface area contributed by atoms with Crippen molar-refractivity contribution in [2.75, 3.05) is 69.7 Å². The van der Waals surface area contributed by atoms with Crippen molar-refractivity contribution < 1.29 is 0 Å². The predicted molar refractivity (Wildman–Crippen MR) is 99.7 cm³/mol. The van der Waals surface area contributed by atoms with Crippen molar-refractivity contribution in [2.24, 2.45) is 0 Å². The van der Waals surface area contributed by atoms with Crippen LogP contribution in [0.2, 0.25) is 5.02 Å². The Bertz CT molecular complexity index is 443. The van der Waals surface area contributed by atoms with Gasteiger partial charge in [0.2, 0.25) is 0 Å². The Kier molecular flexibility index (Phi) is 9.13. The molecule has 1 aliphatic rings. The lowest BCUT2D eigenvalue weighted by Crippen LogP contribution is -2.36. The first kappa shape index (κ1) is 18.3. The summed E-state index contributed by atoms with van der Waals surface area (Å²) in [5.74, 6) is 0. The number of rotatable bonds is 0. The van der Waals surface area contributed by atoms with Crippen LogP contribution in [-0.4, -0.2) is 59.0 Å². The minimum atomic E-state index is 0.751. The molecular formula is C16H29ClN6. The zero-order valence-electron chi connectivity index (χ0n) is 13.7. The lowest BCUT2D eigenvalue weighted by Gasteiger charge is -2.16. The summed E-state index contributed by atoms with van der Waals surface area (Å²) in [5, 5.41) is 21.2. The highest BCUT2D eigenvalue weighted by Gasteiger charge is 2.06. The molecule has 0 radical (unpaired) electrons. The van der Waals surface area contributed by atoms with E-state index in [9.17, 15) is 0 Å². The first-order valence-electron chi connectivity index (χ1n) is 8.47. The van der Waals surface area contributed by atoms with E-state index in [0.29, 0.717) is 0 Å². The topological polar surface area (TPSA) is 72.2 Å². The monoisotopic (exact) mass is 340 g/mol. The molecule has 23 heavy (non-hydrogen) atoms. The van der Waals surface area contributed by atoms with Gasteiger partial charge in [-0.1, -0.05) is 17.7 Å². The summed E-state index contributed by atoms with van der Waals surface area (Å²) in [6.45, 7) is 8.42. The van der Waals surface area contributed by atoms with Gasteiger partial charge in [0.1, 0.15) is 0 Å². The lowest BCUT2D eigenvalue weighted by atomic mass is 10.2. The normalized spacial score (nSPS) is 19.5. The third-order valence-electron chi connectivity index (χ3n) is 3.67. The fourth-order valence-corrected chi connectivity index (χ4v) is 2.68. The van der Waals surface area contributed by atoms with E-state index in [1.165, 1.54) is 0 Å². The van der Waals surface area contributed by atoms with E-state index in [2.05, 4.69) is 38.0 Å². The van der Waals surface area contributed by atoms with Gasteiger partial charge in [-0.25, -0.2) is 0 Å². The van der Waals surface area contributed by atoms with Crippen molar-refractivity contribution in [3.63, 3.8) is 0 Å².